The third-order valence-corrected chi connectivity index (χ3v) is 5.44. The van der Waals surface area contributed by atoms with Crippen LogP contribution >= 0.6 is 11.6 Å². The molecule has 11 heteroatoms. The Balaban J connectivity index is 1.81. The molecular weight excluding hydrogens is 428 g/mol. The number of nitro benzene ring substituents is 2. The fourth-order valence-electron chi connectivity index (χ4n) is 3.66. The van der Waals surface area contributed by atoms with Gasteiger partial charge >= 0.3 is 0 Å². The van der Waals surface area contributed by atoms with Crippen LogP contribution in [-0.2, 0) is 0 Å². The van der Waals surface area contributed by atoms with E-state index in [9.17, 15) is 29.8 Å². The Kier molecular flexibility index (Phi) is 4.78. The van der Waals surface area contributed by atoms with Crippen molar-refractivity contribution >= 4 is 56.9 Å². The summed E-state index contributed by atoms with van der Waals surface area (Å²) >= 11 is 6.00. The van der Waals surface area contributed by atoms with Gasteiger partial charge in [-0.2, -0.15) is 0 Å². The third-order valence-electron chi connectivity index (χ3n) is 5.04. The molecule has 156 valence electrons. The number of carbonyl (C=O) groups excluding carboxylic acids is 2. The van der Waals surface area contributed by atoms with E-state index in [0.717, 1.165) is 6.07 Å². The molecule has 10 nitrogen and oxygen atoms in total. The van der Waals surface area contributed by atoms with Gasteiger partial charge in [0.05, 0.1) is 27.2 Å². The van der Waals surface area contributed by atoms with E-state index in [1.54, 1.807) is 35.2 Å². The molecule has 4 rings (SSSR count). The predicted molar refractivity (Wildman–Crippen MR) is 114 cm³/mol. The Morgan fingerprint density at radius 2 is 1.87 bits per heavy atom. The summed E-state index contributed by atoms with van der Waals surface area (Å²) in [6.45, 7) is 2.32. The quantitative estimate of drug-likeness (QED) is 0.456. The monoisotopic (exact) mass is 440 g/mol. The Labute approximate surface area is 179 Å². The summed E-state index contributed by atoms with van der Waals surface area (Å²) in [5.41, 5.74) is -0.246. The fourth-order valence-corrected chi connectivity index (χ4v) is 3.92. The summed E-state index contributed by atoms with van der Waals surface area (Å²) < 4.78 is 0. The SMILES string of the molecule is CCN1C(=O)c2cccc3c(NC(=O)c4cc([N+](=O)[O-])cc([N+](=O)[O-])c4Cl)ccc1c23. The second kappa shape index (κ2) is 7.33. The summed E-state index contributed by atoms with van der Waals surface area (Å²) in [6, 6.07) is 9.96. The van der Waals surface area contributed by atoms with E-state index < -0.39 is 37.7 Å². The Hall–Kier alpha value is -4.05. The summed E-state index contributed by atoms with van der Waals surface area (Å²) in [7, 11) is 0. The third kappa shape index (κ3) is 3.13. The minimum absolute atomic E-state index is 0.149. The number of non-ortho nitro benzene ring substituents is 1. The maximum absolute atomic E-state index is 12.9. The molecule has 0 bridgehead atoms. The smallest absolute Gasteiger partial charge is 0.295 e. The molecule has 3 aromatic carbocycles. The minimum Gasteiger partial charge on any atom is -0.321 e. The zero-order valence-corrected chi connectivity index (χ0v) is 16.7. The molecule has 1 heterocycles. The van der Waals surface area contributed by atoms with E-state index in [4.69, 9.17) is 11.6 Å². The Bertz CT molecular complexity index is 1320. The van der Waals surface area contributed by atoms with Crippen LogP contribution < -0.4 is 10.2 Å². The number of hydrogen-bond acceptors (Lipinski definition) is 6. The fraction of sp³-hybridized carbons (Fsp3) is 0.100. The van der Waals surface area contributed by atoms with Crippen molar-refractivity contribution in [2.24, 2.45) is 0 Å². The van der Waals surface area contributed by atoms with Gasteiger partial charge in [0, 0.05) is 34.6 Å². The van der Waals surface area contributed by atoms with Crippen molar-refractivity contribution in [3.63, 3.8) is 0 Å². The lowest BCUT2D eigenvalue weighted by molar-refractivity contribution is -0.394. The van der Waals surface area contributed by atoms with Crippen molar-refractivity contribution in [2.75, 3.05) is 16.8 Å². The lowest BCUT2D eigenvalue weighted by atomic mass is 10.0. The normalized spacial score (nSPS) is 12.3. The van der Waals surface area contributed by atoms with Crippen molar-refractivity contribution in [3.05, 3.63) is 78.8 Å². The van der Waals surface area contributed by atoms with Gasteiger partial charge in [0.15, 0.2) is 0 Å². The number of benzene rings is 3. The molecule has 0 radical (unpaired) electrons. The second-order valence-corrected chi connectivity index (χ2v) is 7.08. The van der Waals surface area contributed by atoms with Crippen LogP contribution in [0, 0.1) is 20.2 Å². The van der Waals surface area contributed by atoms with Gasteiger partial charge in [0.1, 0.15) is 5.02 Å². The summed E-state index contributed by atoms with van der Waals surface area (Å²) in [6.07, 6.45) is 0. The molecule has 2 amide bonds. The number of halogens is 1. The van der Waals surface area contributed by atoms with Crippen LogP contribution in [0.1, 0.15) is 27.6 Å². The topological polar surface area (TPSA) is 136 Å². The highest BCUT2D eigenvalue weighted by Crippen LogP contribution is 2.41. The molecule has 0 unspecified atom stereocenters. The highest BCUT2D eigenvalue weighted by molar-refractivity contribution is 6.37. The Morgan fingerprint density at radius 3 is 2.52 bits per heavy atom. The number of amides is 2. The first-order chi connectivity index (χ1) is 14.7. The van der Waals surface area contributed by atoms with E-state index in [1.165, 1.54) is 0 Å². The van der Waals surface area contributed by atoms with Crippen LogP contribution in [0.15, 0.2) is 42.5 Å². The number of anilines is 2. The molecule has 0 fully saturated rings. The van der Waals surface area contributed by atoms with Crippen molar-refractivity contribution < 1.29 is 19.4 Å². The number of rotatable bonds is 5. The summed E-state index contributed by atoms with van der Waals surface area (Å²) in [4.78, 5) is 47.7. The molecule has 0 aliphatic carbocycles. The number of carbonyl (C=O) groups is 2. The molecule has 0 aromatic heterocycles. The van der Waals surface area contributed by atoms with E-state index in [0.29, 0.717) is 40.3 Å². The van der Waals surface area contributed by atoms with Gasteiger partial charge in [-0.3, -0.25) is 29.8 Å². The number of hydrogen-bond donors (Lipinski definition) is 1. The Morgan fingerprint density at radius 1 is 1.13 bits per heavy atom. The van der Waals surface area contributed by atoms with Crippen molar-refractivity contribution in [3.8, 4) is 0 Å². The van der Waals surface area contributed by atoms with E-state index in [-0.39, 0.29) is 5.91 Å². The number of nitrogens with one attached hydrogen (secondary N) is 1. The van der Waals surface area contributed by atoms with E-state index in [1.807, 2.05) is 6.92 Å². The number of nitrogens with zero attached hydrogens (tertiary/aromatic N) is 3. The standard InChI is InChI=1S/C20H13ClN4O6/c1-2-23-15-7-6-14(11-4-3-5-12(17(11)15)20(23)27)22-19(26)13-8-10(24(28)29)9-16(18(13)21)25(30)31/h3-9H,2H2,1H3,(H,22,26). The van der Waals surface area contributed by atoms with Gasteiger partial charge in [-0.15, -0.1) is 0 Å². The summed E-state index contributed by atoms with van der Waals surface area (Å²) in [5, 5.41) is 25.7. The lowest BCUT2D eigenvalue weighted by Crippen LogP contribution is -2.25. The van der Waals surface area contributed by atoms with Gasteiger partial charge in [-0.1, -0.05) is 23.7 Å². The molecule has 0 spiro atoms. The zero-order chi connectivity index (χ0) is 22.4. The van der Waals surface area contributed by atoms with Crippen molar-refractivity contribution in [1.82, 2.24) is 0 Å². The molecule has 1 aliphatic rings. The molecule has 0 saturated heterocycles. The molecule has 1 aliphatic heterocycles. The van der Waals surface area contributed by atoms with Crippen LogP contribution in [0.3, 0.4) is 0 Å². The van der Waals surface area contributed by atoms with Crippen molar-refractivity contribution in [1.29, 1.82) is 0 Å². The molecule has 0 saturated carbocycles. The first-order valence-electron chi connectivity index (χ1n) is 9.05. The molecule has 0 atom stereocenters. The number of nitro groups is 2. The maximum atomic E-state index is 12.9. The zero-order valence-electron chi connectivity index (χ0n) is 15.9. The predicted octanol–water partition coefficient (Wildman–Crippen LogP) is 4.54. The average molecular weight is 441 g/mol. The van der Waals surface area contributed by atoms with Crippen LogP contribution in [0.2, 0.25) is 5.02 Å². The van der Waals surface area contributed by atoms with Gasteiger partial charge in [-0.25, -0.2) is 0 Å². The second-order valence-electron chi connectivity index (χ2n) is 6.70. The highest BCUT2D eigenvalue weighted by atomic mass is 35.5. The lowest BCUT2D eigenvalue weighted by Gasteiger charge is -2.15. The molecule has 31 heavy (non-hydrogen) atoms. The highest BCUT2D eigenvalue weighted by Gasteiger charge is 2.30. The van der Waals surface area contributed by atoms with E-state index >= 15 is 0 Å². The van der Waals surface area contributed by atoms with Crippen LogP contribution in [0.25, 0.3) is 10.8 Å². The van der Waals surface area contributed by atoms with Crippen LogP contribution in [-0.4, -0.2) is 28.2 Å². The minimum atomic E-state index is -0.893. The van der Waals surface area contributed by atoms with Crippen LogP contribution in [0.5, 0.6) is 0 Å². The maximum Gasteiger partial charge on any atom is 0.295 e. The first-order valence-corrected chi connectivity index (χ1v) is 9.43. The van der Waals surface area contributed by atoms with Gasteiger partial charge in [0.25, 0.3) is 23.2 Å². The molecular formula is C20H13ClN4O6. The van der Waals surface area contributed by atoms with Gasteiger partial charge < -0.3 is 10.2 Å². The van der Waals surface area contributed by atoms with Crippen molar-refractivity contribution in [2.45, 2.75) is 6.92 Å². The average Bonchev–Trinajstić information content (AvgIpc) is 3.02. The van der Waals surface area contributed by atoms with E-state index in [2.05, 4.69) is 5.32 Å². The summed E-state index contributed by atoms with van der Waals surface area (Å²) in [5.74, 6) is -1.00. The largest absolute Gasteiger partial charge is 0.321 e. The molecule has 1 N–H and O–H groups in total. The van der Waals surface area contributed by atoms with Gasteiger partial charge in [0.2, 0.25) is 0 Å². The van der Waals surface area contributed by atoms with Crippen LogP contribution in [0.4, 0.5) is 22.7 Å². The first kappa shape index (κ1) is 20.2. The molecule has 3 aromatic rings. The van der Waals surface area contributed by atoms with Gasteiger partial charge in [-0.05, 0) is 25.1 Å².